The Morgan fingerprint density at radius 3 is 2.69 bits per heavy atom. The van der Waals surface area contributed by atoms with Crippen molar-refractivity contribution in [1.29, 1.82) is 0 Å². The number of carbonyl (C=O) groups is 1. The molecule has 1 heterocycles. The molecule has 0 aliphatic carbocycles. The lowest BCUT2D eigenvalue weighted by molar-refractivity contribution is -0.118. The number of amides is 1. The Balaban J connectivity index is 1.56. The number of carbonyl (C=O) groups excluding carboxylic acids is 1. The van der Waals surface area contributed by atoms with Gasteiger partial charge in [-0.15, -0.1) is 0 Å². The van der Waals surface area contributed by atoms with Gasteiger partial charge in [0, 0.05) is 0 Å². The average molecular weight is 447 g/mol. The Hall–Kier alpha value is -3.78. The van der Waals surface area contributed by atoms with Crippen molar-refractivity contribution in [2.45, 2.75) is 12.1 Å². The molecule has 4 rings (SSSR count). The molecule has 0 saturated heterocycles. The highest BCUT2D eigenvalue weighted by Crippen LogP contribution is 2.21. The third-order valence-electron chi connectivity index (χ3n) is 4.62. The minimum Gasteiger partial charge on any atom is -0.272 e. The van der Waals surface area contributed by atoms with Crippen LogP contribution in [0.25, 0.3) is 16.6 Å². The van der Waals surface area contributed by atoms with Crippen LogP contribution in [0.15, 0.2) is 87.8 Å². The Bertz CT molecular complexity index is 1370. The zero-order valence-corrected chi connectivity index (χ0v) is 18.0. The second-order valence-electron chi connectivity index (χ2n) is 7.02. The second kappa shape index (κ2) is 9.57. The number of hydrogen-bond acceptors (Lipinski definition) is 5. The van der Waals surface area contributed by atoms with Gasteiger partial charge in [0.25, 0.3) is 11.5 Å². The predicted octanol–water partition coefficient (Wildman–Crippen LogP) is 4.08. The maximum absolute atomic E-state index is 13.2. The Kier molecular flexibility index (Phi) is 6.42. The van der Waals surface area contributed by atoms with Crippen LogP contribution in [-0.2, 0) is 4.79 Å². The van der Waals surface area contributed by atoms with Crippen LogP contribution in [0.2, 0.25) is 0 Å². The third kappa shape index (κ3) is 4.92. The molecule has 160 valence electrons. The minimum absolute atomic E-state index is 0.00284. The minimum atomic E-state index is -0.382. The van der Waals surface area contributed by atoms with Crippen LogP contribution < -0.4 is 11.0 Å². The van der Waals surface area contributed by atoms with Crippen molar-refractivity contribution in [1.82, 2.24) is 15.0 Å². The molecule has 0 fully saturated rings. The average Bonchev–Trinajstić information content (AvgIpc) is 2.79. The summed E-state index contributed by atoms with van der Waals surface area (Å²) < 4.78 is 14.7. The van der Waals surface area contributed by atoms with E-state index in [9.17, 15) is 14.0 Å². The number of benzene rings is 3. The van der Waals surface area contributed by atoms with E-state index in [4.69, 9.17) is 0 Å². The molecule has 32 heavy (non-hydrogen) atoms. The molecule has 4 aromatic rings. The molecule has 0 radical (unpaired) electrons. The van der Waals surface area contributed by atoms with Crippen LogP contribution in [0.1, 0.15) is 11.1 Å². The van der Waals surface area contributed by atoms with Crippen molar-refractivity contribution in [3.05, 3.63) is 100 Å². The van der Waals surface area contributed by atoms with Crippen LogP contribution >= 0.6 is 11.8 Å². The molecule has 1 amide bonds. The van der Waals surface area contributed by atoms with E-state index in [-0.39, 0.29) is 23.0 Å². The normalized spacial score (nSPS) is 11.2. The fourth-order valence-electron chi connectivity index (χ4n) is 3.06. The lowest BCUT2D eigenvalue weighted by Gasteiger charge is -2.13. The van der Waals surface area contributed by atoms with Gasteiger partial charge in [0.1, 0.15) is 5.82 Å². The zero-order valence-electron chi connectivity index (χ0n) is 17.2. The lowest BCUT2D eigenvalue weighted by Crippen LogP contribution is -2.24. The highest BCUT2D eigenvalue weighted by atomic mass is 32.2. The summed E-state index contributed by atoms with van der Waals surface area (Å²) in [5.74, 6) is -0.760. The summed E-state index contributed by atoms with van der Waals surface area (Å²) in [6, 6.07) is 20.5. The maximum Gasteiger partial charge on any atom is 0.266 e. The highest BCUT2D eigenvalue weighted by molar-refractivity contribution is 7.99. The summed E-state index contributed by atoms with van der Waals surface area (Å²) >= 11 is 1.14. The molecule has 0 saturated carbocycles. The smallest absolute Gasteiger partial charge is 0.266 e. The van der Waals surface area contributed by atoms with E-state index in [1.54, 1.807) is 30.3 Å². The molecule has 8 heteroatoms. The van der Waals surface area contributed by atoms with E-state index in [1.165, 1.54) is 22.9 Å². The SMILES string of the molecule is Cc1ccc(-n2c(SCC(=O)NN=Cc3cccc(F)c3)nc3ccccc3c2=O)cc1. The number of hydrogen-bond donors (Lipinski definition) is 1. The van der Waals surface area contributed by atoms with Crippen LogP contribution in [0.5, 0.6) is 0 Å². The Morgan fingerprint density at radius 2 is 1.91 bits per heavy atom. The van der Waals surface area contributed by atoms with Gasteiger partial charge >= 0.3 is 0 Å². The molecule has 0 bridgehead atoms. The van der Waals surface area contributed by atoms with Crippen molar-refractivity contribution >= 4 is 34.8 Å². The first kappa shape index (κ1) is 21.5. The van der Waals surface area contributed by atoms with Crippen molar-refractivity contribution in [2.75, 3.05) is 5.75 Å². The topological polar surface area (TPSA) is 76.3 Å². The number of thioether (sulfide) groups is 1. The van der Waals surface area contributed by atoms with Gasteiger partial charge in [-0.3, -0.25) is 14.2 Å². The number of aromatic nitrogens is 2. The van der Waals surface area contributed by atoms with E-state index in [0.29, 0.717) is 27.3 Å². The number of rotatable bonds is 6. The van der Waals surface area contributed by atoms with Crippen LogP contribution in [0.3, 0.4) is 0 Å². The molecular formula is C24H19FN4O2S. The van der Waals surface area contributed by atoms with Crippen LogP contribution in [-0.4, -0.2) is 27.4 Å². The molecule has 0 atom stereocenters. The van der Waals surface area contributed by atoms with Gasteiger partial charge in [-0.2, -0.15) is 5.10 Å². The molecule has 0 spiro atoms. The van der Waals surface area contributed by atoms with Gasteiger partial charge in [0.05, 0.1) is 28.6 Å². The first-order valence-electron chi connectivity index (χ1n) is 9.80. The fourth-order valence-corrected chi connectivity index (χ4v) is 3.86. The quantitative estimate of drug-likeness (QED) is 0.210. The van der Waals surface area contributed by atoms with Crippen LogP contribution in [0.4, 0.5) is 4.39 Å². The Morgan fingerprint density at radius 1 is 1.12 bits per heavy atom. The lowest BCUT2D eigenvalue weighted by atomic mass is 10.2. The molecule has 3 aromatic carbocycles. The second-order valence-corrected chi connectivity index (χ2v) is 7.97. The molecule has 0 aliphatic rings. The van der Waals surface area contributed by atoms with Gasteiger partial charge in [0.2, 0.25) is 0 Å². The molecule has 6 nitrogen and oxygen atoms in total. The first-order valence-corrected chi connectivity index (χ1v) is 10.8. The molecule has 0 unspecified atom stereocenters. The van der Waals surface area contributed by atoms with E-state index < -0.39 is 0 Å². The van der Waals surface area contributed by atoms with Crippen molar-refractivity contribution in [2.24, 2.45) is 5.10 Å². The number of nitrogens with one attached hydrogen (secondary N) is 1. The third-order valence-corrected chi connectivity index (χ3v) is 5.56. The molecule has 1 N–H and O–H groups in total. The summed E-state index contributed by atoms with van der Waals surface area (Å²) in [5.41, 5.74) is 5.04. The predicted molar refractivity (Wildman–Crippen MR) is 125 cm³/mol. The van der Waals surface area contributed by atoms with Crippen molar-refractivity contribution < 1.29 is 9.18 Å². The highest BCUT2D eigenvalue weighted by Gasteiger charge is 2.14. The number of hydrazone groups is 1. The van der Waals surface area contributed by atoms with E-state index >= 15 is 0 Å². The Labute approximate surface area is 187 Å². The van der Waals surface area contributed by atoms with Gasteiger partial charge < -0.3 is 0 Å². The van der Waals surface area contributed by atoms with Crippen molar-refractivity contribution in [3.63, 3.8) is 0 Å². The van der Waals surface area contributed by atoms with E-state index in [1.807, 2.05) is 37.3 Å². The number of fused-ring (bicyclic) bond motifs is 1. The summed E-state index contributed by atoms with van der Waals surface area (Å²) in [6.07, 6.45) is 1.36. The summed E-state index contributed by atoms with van der Waals surface area (Å²) in [5, 5.41) is 4.77. The molecule has 0 aliphatic heterocycles. The standard InChI is InChI=1S/C24H19FN4O2S/c1-16-9-11-19(12-10-16)29-23(31)20-7-2-3-8-21(20)27-24(29)32-15-22(30)28-26-14-17-5-4-6-18(25)13-17/h2-14H,15H2,1H3,(H,28,30). The van der Waals surface area contributed by atoms with Crippen LogP contribution in [0, 0.1) is 12.7 Å². The number of para-hydroxylation sites is 1. The number of nitrogens with zero attached hydrogens (tertiary/aromatic N) is 3. The summed E-state index contributed by atoms with van der Waals surface area (Å²) in [6.45, 7) is 1.97. The summed E-state index contributed by atoms with van der Waals surface area (Å²) in [4.78, 5) is 30.1. The monoisotopic (exact) mass is 446 g/mol. The number of halogens is 1. The summed E-state index contributed by atoms with van der Waals surface area (Å²) in [7, 11) is 0. The van der Waals surface area contributed by atoms with E-state index in [0.717, 1.165) is 17.3 Å². The zero-order chi connectivity index (χ0) is 22.5. The first-order chi connectivity index (χ1) is 15.5. The molecule has 1 aromatic heterocycles. The fraction of sp³-hybridized carbons (Fsp3) is 0.0833. The van der Waals surface area contributed by atoms with Gasteiger partial charge in [-0.25, -0.2) is 14.8 Å². The van der Waals surface area contributed by atoms with E-state index in [2.05, 4.69) is 15.5 Å². The largest absolute Gasteiger partial charge is 0.272 e. The van der Waals surface area contributed by atoms with Gasteiger partial charge in [-0.1, -0.05) is 53.7 Å². The number of aryl methyl sites for hydroxylation is 1. The van der Waals surface area contributed by atoms with Crippen molar-refractivity contribution in [3.8, 4) is 5.69 Å². The van der Waals surface area contributed by atoms with Gasteiger partial charge in [-0.05, 0) is 48.9 Å². The molecular weight excluding hydrogens is 427 g/mol. The van der Waals surface area contributed by atoms with Gasteiger partial charge in [0.15, 0.2) is 5.16 Å². The maximum atomic E-state index is 13.2.